The van der Waals surface area contributed by atoms with Gasteiger partial charge in [-0.1, -0.05) is 0 Å². The standard InChI is InChI=1S/C2H3NO2Si/c1-2(4)3-5-6-3/h1H3. The molecule has 0 spiro atoms. The third-order valence-corrected chi connectivity index (χ3v) is 1.15. The highest BCUT2D eigenvalue weighted by Crippen LogP contribution is 2.00. The number of rotatable bonds is 0. The fraction of sp³-hybridized carbons (Fsp3) is 0.500. The van der Waals surface area contributed by atoms with Gasteiger partial charge in [-0.15, -0.1) is 0 Å². The summed E-state index contributed by atoms with van der Waals surface area (Å²) < 4.78 is 5.79. The van der Waals surface area contributed by atoms with Crippen molar-refractivity contribution in [3.63, 3.8) is 0 Å². The maximum Gasteiger partial charge on any atom is 0.441 e. The van der Waals surface area contributed by atoms with E-state index in [2.05, 4.69) is 4.53 Å². The van der Waals surface area contributed by atoms with E-state index in [0.717, 1.165) is 0 Å². The molecular weight excluding hydrogens is 98.1 g/mol. The number of hydrogen-bond acceptors (Lipinski definition) is 2. The van der Waals surface area contributed by atoms with E-state index in [1.165, 1.54) is 11.7 Å². The second-order valence-electron chi connectivity index (χ2n) is 0.996. The molecule has 1 saturated heterocycles. The van der Waals surface area contributed by atoms with Crippen molar-refractivity contribution in [1.29, 1.82) is 0 Å². The average Bonchev–Trinajstić information content (AvgIpc) is 2.06. The van der Waals surface area contributed by atoms with Crippen molar-refractivity contribution in [3.05, 3.63) is 0 Å². The van der Waals surface area contributed by atoms with Crippen LogP contribution in [0.15, 0.2) is 0 Å². The van der Waals surface area contributed by atoms with Crippen LogP contribution in [0.1, 0.15) is 6.92 Å². The highest BCUT2D eigenvalue weighted by molar-refractivity contribution is 6.37. The molecule has 0 atom stereocenters. The summed E-state index contributed by atoms with van der Waals surface area (Å²) in [4.78, 5) is 10.0. The van der Waals surface area contributed by atoms with Gasteiger partial charge in [0.2, 0.25) is 5.91 Å². The number of carbonyl (C=O) groups excluding carboxylic acids is 1. The lowest BCUT2D eigenvalue weighted by Gasteiger charge is -1.81. The lowest BCUT2D eigenvalue weighted by Crippen LogP contribution is -2.02. The SMILES string of the molecule is CC(=O)N1O[Si]1. The van der Waals surface area contributed by atoms with E-state index >= 15 is 0 Å². The van der Waals surface area contributed by atoms with Gasteiger partial charge in [-0.05, 0) is 0 Å². The molecule has 0 saturated carbocycles. The van der Waals surface area contributed by atoms with E-state index in [9.17, 15) is 4.79 Å². The quantitative estimate of drug-likeness (QED) is 0.299. The molecule has 1 heterocycles. The number of hydrogen-bond donors (Lipinski definition) is 0. The molecule has 32 valence electrons. The molecule has 1 fully saturated rings. The van der Waals surface area contributed by atoms with Crippen molar-refractivity contribution < 1.29 is 9.32 Å². The zero-order valence-corrected chi connectivity index (χ0v) is 4.26. The summed E-state index contributed by atoms with van der Waals surface area (Å²) in [5.74, 6) is -0.00617. The summed E-state index contributed by atoms with van der Waals surface area (Å²) in [6.45, 7) is 1.47. The first-order valence-corrected chi connectivity index (χ1v) is 2.39. The summed E-state index contributed by atoms with van der Waals surface area (Å²) in [6.07, 6.45) is 0. The van der Waals surface area contributed by atoms with Gasteiger partial charge in [0.15, 0.2) is 0 Å². The van der Waals surface area contributed by atoms with Crippen molar-refractivity contribution in [2.45, 2.75) is 6.92 Å². The Bertz CT molecular complexity index is 79.6. The summed E-state index contributed by atoms with van der Waals surface area (Å²) in [7, 11) is 0.289. The second-order valence-corrected chi connectivity index (χ2v) is 1.77. The molecule has 0 aliphatic carbocycles. The molecule has 4 heteroatoms. The molecule has 0 aromatic carbocycles. The Balaban J connectivity index is 2.31. The minimum Gasteiger partial charge on any atom is -0.292 e. The highest BCUT2D eigenvalue weighted by Gasteiger charge is 2.26. The summed E-state index contributed by atoms with van der Waals surface area (Å²) in [6, 6.07) is 0. The predicted octanol–water partition coefficient (Wildman–Crippen LogP) is -0.686. The Morgan fingerprint density at radius 1 is 2.00 bits per heavy atom. The van der Waals surface area contributed by atoms with Gasteiger partial charge in [0.1, 0.15) is 0 Å². The Morgan fingerprint density at radius 2 is 2.50 bits per heavy atom. The summed E-state index contributed by atoms with van der Waals surface area (Å²) in [5, 5.41) is 0. The summed E-state index contributed by atoms with van der Waals surface area (Å²) in [5.41, 5.74) is 0. The van der Waals surface area contributed by atoms with E-state index in [1.54, 1.807) is 0 Å². The maximum atomic E-state index is 10.0. The minimum absolute atomic E-state index is 0.00617. The Labute approximate surface area is 37.9 Å². The van der Waals surface area contributed by atoms with E-state index in [1.807, 2.05) is 0 Å². The normalized spacial score (nSPS) is 17.8. The van der Waals surface area contributed by atoms with Crippen molar-refractivity contribution in [3.8, 4) is 0 Å². The van der Waals surface area contributed by atoms with E-state index in [0.29, 0.717) is 0 Å². The molecule has 1 aliphatic heterocycles. The Morgan fingerprint density at radius 3 is 2.50 bits per heavy atom. The van der Waals surface area contributed by atoms with E-state index < -0.39 is 0 Å². The molecule has 0 aromatic rings. The van der Waals surface area contributed by atoms with Crippen LogP contribution < -0.4 is 0 Å². The molecule has 6 heavy (non-hydrogen) atoms. The van der Waals surface area contributed by atoms with Crippen LogP contribution in [0.4, 0.5) is 0 Å². The van der Waals surface area contributed by atoms with Crippen molar-refractivity contribution in [2.24, 2.45) is 0 Å². The first kappa shape index (κ1) is 3.82. The summed E-state index contributed by atoms with van der Waals surface area (Å²) >= 11 is 0. The van der Waals surface area contributed by atoms with Gasteiger partial charge < -0.3 is 0 Å². The van der Waals surface area contributed by atoms with E-state index in [4.69, 9.17) is 0 Å². The molecule has 0 unspecified atom stereocenters. The third-order valence-electron chi connectivity index (χ3n) is 0.469. The second kappa shape index (κ2) is 1.06. The number of hydroxylamine groups is 1. The maximum absolute atomic E-state index is 10.0. The van der Waals surface area contributed by atoms with Crippen LogP contribution in [0.3, 0.4) is 0 Å². The fourth-order valence-corrected chi connectivity index (χ4v) is 0.447. The Kier molecular flexibility index (Phi) is 0.674. The zero-order chi connectivity index (χ0) is 4.57. The van der Waals surface area contributed by atoms with E-state index in [-0.39, 0.29) is 15.8 Å². The van der Waals surface area contributed by atoms with Crippen LogP contribution in [-0.4, -0.2) is 20.6 Å². The first-order chi connectivity index (χ1) is 2.80. The van der Waals surface area contributed by atoms with Gasteiger partial charge in [0, 0.05) is 6.92 Å². The lowest BCUT2D eigenvalue weighted by molar-refractivity contribution is -0.129. The molecular formula is C2H3NO2Si. The van der Waals surface area contributed by atoms with Gasteiger partial charge in [-0.2, -0.15) is 0 Å². The smallest absolute Gasteiger partial charge is 0.292 e. The van der Waals surface area contributed by atoms with Crippen molar-refractivity contribution in [2.75, 3.05) is 0 Å². The first-order valence-electron chi connectivity index (χ1n) is 1.54. The molecule has 1 amide bonds. The number of nitrogens with zero attached hydrogens (tertiary/aromatic N) is 1. The van der Waals surface area contributed by atoms with Gasteiger partial charge in [0.05, 0.1) is 0 Å². The molecule has 1 rings (SSSR count). The van der Waals surface area contributed by atoms with Gasteiger partial charge >= 0.3 is 9.92 Å². The minimum atomic E-state index is -0.00617. The zero-order valence-electron chi connectivity index (χ0n) is 3.26. The third kappa shape index (κ3) is 0.578. The molecule has 2 radical (unpaired) electrons. The largest absolute Gasteiger partial charge is 0.441 e. The van der Waals surface area contributed by atoms with Crippen LogP contribution in [0.2, 0.25) is 0 Å². The van der Waals surface area contributed by atoms with Crippen molar-refractivity contribution >= 4 is 15.8 Å². The number of amides is 1. The lowest BCUT2D eigenvalue weighted by atomic mass is 10.8. The van der Waals surface area contributed by atoms with Gasteiger partial charge in [0.25, 0.3) is 0 Å². The van der Waals surface area contributed by atoms with Crippen molar-refractivity contribution in [1.82, 2.24) is 4.73 Å². The number of carbonyl (C=O) groups is 1. The Hall–Kier alpha value is -0.353. The predicted molar refractivity (Wildman–Crippen MR) is 19.4 cm³/mol. The molecule has 0 N–H and O–H groups in total. The van der Waals surface area contributed by atoms with Gasteiger partial charge in [-0.25, -0.2) is 4.73 Å². The highest BCUT2D eigenvalue weighted by atomic mass is 28.3. The van der Waals surface area contributed by atoms with Gasteiger partial charge in [-0.3, -0.25) is 9.32 Å². The van der Waals surface area contributed by atoms with Crippen LogP contribution >= 0.6 is 0 Å². The van der Waals surface area contributed by atoms with Crippen LogP contribution in [0, 0.1) is 0 Å². The molecule has 0 bridgehead atoms. The topological polar surface area (TPSA) is 32.6 Å². The van der Waals surface area contributed by atoms with Crippen LogP contribution in [-0.2, 0) is 9.32 Å². The monoisotopic (exact) mass is 101 g/mol. The average molecular weight is 101 g/mol. The molecule has 0 aromatic heterocycles. The molecule has 3 nitrogen and oxygen atoms in total. The fourth-order valence-electron chi connectivity index (χ4n) is 0.149. The van der Waals surface area contributed by atoms with Crippen LogP contribution in [0.25, 0.3) is 0 Å². The van der Waals surface area contributed by atoms with Crippen LogP contribution in [0.5, 0.6) is 0 Å². The molecule has 1 aliphatic rings.